The normalized spacial score (nSPS) is 44.8. The number of fused-ring (bicyclic) bond motifs is 5. The first-order valence-corrected chi connectivity index (χ1v) is 13.5. The first-order chi connectivity index (χ1) is 13.7. The van der Waals surface area contributed by atoms with E-state index in [0.717, 1.165) is 36.0 Å². The molecule has 4 aliphatic rings. The van der Waals surface area contributed by atoms with Crippen LogP contribution in [0.25, 0.3) is 0 Å². The van der Waals surface area contributed by atoms with Gasteiger partial charge in [-0.1, -0.05) is 67.6 Å². The first-order valence-electron chi connectivity index (χ1n) is 12.7. The van der Waals surface area contributed by atoms with Crippen molar-refractivity contribution in [3.05, 3.63) is 11.6 Å². The van der Waals surface area contributed by atoms with Crippen molar-refractivity contribution >= 4 is 15.9 Å². The van der Waals surface area contributed by atoms with Crippen molar-refractivity contribution in [2.45, 2.75) is 109 Å². The summed E-state index contributed by atoms with van der Waals surface area (Å²) in [5.41, 5.74) is 2.96. The van der Waals surface area contributed by atoms with E-state index >= 15 is 0 Å². The van der Waals surface area contributed by atoms with E-state index in [1.807, 2.05) is 5.57 Å². The second-order valence-electron chi connectivity index (χ2n) is 12.1. The van der Waals surface area contributed by atoms with Gasteiger partial charge in [0.05, 0.1) is 6.61 Å². The molecular formula is C27H45BrO. The molecule has 0 saturated heterocycles. The van der Waals surface area contributed by atoms with Crippen LogP contribution in [-0.2, 0) is 0 Å². The van der Waals surface area contributed by atoms with Gasteiger partial charge in [0.2, 0.25) is 0 Å². The van der Waals surface area contributed by atoms with Gasteiger partial charge in [-0.25, -0.2) is 0 Å². The Morgan fingerprint density at radius 1 is 1.17 bits per heavy atom. The molecule has 3 fully saturated rings. The van der Waals surface area contributed by atoms with Gasteiger partial charge in [0.1, 0.15) is 0 Å². The van der Waals surface area contributed by atoms with E-state index in [2.05, 4.69) is 49.7 Å². The molecule has 0 radical (unpaired) electrons. The predicted octanol–water partition coefficient (Wildman–Crippen LogP) is 7.91. The van der Waals surface area contributed by atoms with Gasteiger partial charge in [0.25, 0.3) is 0 Å². The lowest BCUT2D eigenvalue weighted by molar-refractivity contribution is -0.0500. The van der Waals surface area contributed by atoms with Crippen molar-refractivity contribution in [1.82, 2.24) is 0 Å². The van der Waals surface area contributed by atoms with Gasteiger partial charge in [-0.3, -0.25) is 0 Å². The predicted molar refractivity (Wildman–Crippen MR) is 127 cm³/mol. The molecule has 1 N–H and O–H groups in total. The highest BCUT2D eigenvalue weighted by atomic mass is 79.9. The fourth-order valence-electron chi connectivity index (χ4n) is 8.75. The van der Waals surface area contributed by atoms with Crippen LogP contribution in [0, 0.1) is 40.4 Å². The maximum atomic E-state index is 9.53. The molecule has 0 aromatic carbocycles. The number of halogens is 1. The van der Waals surface area contributed by atoms with Crippen LogP contribution in [0.1, 0.15) is 105 Å². The van der Waals surface area contributed by atoms with Crippen molar-refractivity contribution < 1.29 is 5.11 Å². The van der Waals surface area contributed by atoms with Gasteiger partial charge >= 0.3 is 0 Å². The van der Waals surface area contributed by atoms with Crippen LogP contribution in [0.15, 0.2) is 11.6 Å². The summed E-state index contributed by atoms with van der Waals surface area (Å²) in [6.07, 6.45) is 19.4. The Morgan fingerprint density at radius 2 is 1.97 bits per heavy atom. The van der Waals surface area contributed by atoms with Gasteiger partial charge in [-0.2, -0.15) is 0 Å². The second-order valence-corrected chi connectivity index (χ2v) is 14.1. The Kier molecular flexibility index (Phi) is 6.38. The molecule has 8 atom stereocenters. The lowest BCUT2D eigenvalue weighted by atomic mass is 9.47. The summed E-state index contributed by atoms with van der Waals surface area (Å²) in [5, 5.41) is 9.53. The Hall–Kier alpha value is 0.180. The Labute approximate surface area is 188 Å². The van der Waals surface area contributed by atoms with E-state index in [1.54, 1.807) is 0 Å². The summed E-state index contributed by atoms with van der Waals surface area (Å²) in [7, 11) is 0. The maximum absolute atomic E-state index is 9.53. The van der Waals surface area contributed by atoms with Crippen molar-refractivity contribution in [1.29, 1.82) is 0 Å². The van der Waals surface area contributed by atoms with E-state index in [4.69, 9.17) is 0 Å². The van der Waals surface area contributed by atoms with E-state index < -0.39 is 0 Å². The fourth-order valence-corrected chi connectivity index (χ4v) is 9.03. The highest BCUT2D eigenvalue weighted by Crippen LogP contribution is 2.67. The number of alkyl halides is 1. The van der Waals surface area contributed by atoms with Crippen LogP contribution in [-0.4, -0.2) is 16.0 Å². The smallest absolute Gasteiger partial charge is 0.0581 e. The number of hydrogen-bond donors (Lipinski definition) is 1. The second kappa shape index (κ2) is 8.27. The van der Waals surface area contributed by atoms with Crippen LogP contribution < -0.4 is 0 Å². The average Bonchev–Trinajstić information content (AvgIpc) is 3.04. The topological polar surface area (TPSA) is 20.2 Å². The van der Waals surface area contributed by atoms with Gasteiger partial charge in [0.15, 0.2) is 0 Å². The maximum Gasteiger partial charge on any atom is 0.0581 e. The standard InChI is InChI=1S/C27H45BrO/c1-19(8-7-15-25(2,28)18-29)22-12-13-23-21-11-10-20-9-5-6-16-26(20,3)24(21)14-17-27(22,23)4/h10,19,21-24,29H,5-9,11-18H2,1-4H3/t19-,21+,22-,23+,24+,25?,26+,27-/m1/s1. The minimum atomic E-state index is -0.0888. The van der Waals surface area contributed by atoms with Crippen LogP contribution in [0.3, 0.4) is 0 Å². The van der Waals surface area contributed by atoms with Crippen molar-refractivity contribution in [2.24, 2.45) is 40.4 Å². The quantitative estimate of drug-likeness (QED) is 0.312. The summed E-state index contributed by atoms with van der Waals surface area (Å²) in [6.45, 7) is 10.2. The van der Waals surface area contributed by atoms with Gasteiger partial charge in [0, 0.05) is 4.32 Å². The highest BCUT2D eigenvalue weighted by Gasteiger charge is 2.58. The summed E-state index contributed by atoms with van der Waals surface area (Å²) >= 11 is 3.70. The Morgan fingerprint density at radius 3 is 2.72 bits per heavy atom. The monoisotopic (exact) mass is 464 g/mol. The number of rotatable bonds is 6. The zero-order chi connectivity index (χ0) is 20.9. The number of hydrogen-bond acceptors (Lipinski definition) is 1. The summed E-state index contributed by atoms with van der Waals surface area (Å²) in [6, 6.07) is 0. The summed E-state index contributed by atoms with van der Waals surface area (Å²) < 4.78 is -0.0888. The molecule has 0 bridgehead atoms. The minimum absolute atomic E-state index is 0.0888. The largest absolute Gasteiger partial charge is 0.395 e. The van der Waals surface area contributed by atoms with Crippen LogP contribution in [0.4, 0.5) is 0 Å². The summed E-state index contributed by atoms with van der Waals surface area (Å²) in [5.74, 6) is 4.62. The number of allylic oxidation sites excluding steroid dienone is 2. The third kappa shape index (κ3) is 3.92. The Balaban J connectivity index is 1.44. The molecule has 0 amide bonds. The molecule has 0 aliphatic heterocycles. The van der Waals surface area contributed by atoms with E-state index in [1.165, 1.54) is 70.6 Å². The molecular weight excluding hydrogens is 420 g/mol. The molecule has 4 aliphatic carbocycles. The molecule has 0 heterocycles. The van der Waals surface area contributed by atoms with E-state index in [-0.39, 0.29) is 10.9 Å². The van der Waals surface area contributed by atoms with Gasteiger partial charge in [-0.15, -0.1) is 0 Å². The molecule has 1 nitrogen and oxygen atoms in total. The summed E-state index contributed by atoms with van der Waals surface area (Å²) in [4.78, 5) is 0. The van der Waals surface area contributed by atoms with E-state index in [9.17, 15) is 5.11 Å². The lowest BCUT2D eigenvalue weighted by Crippen LogP contribution is -2.50. The fraction of sp³-hybridized carbons (Fsp3) is 0.926. The zero-order valence-corrected chi connectivity index (χ0v) is 21.1. The minimum Gasteiger partial charge on any atom is -0.395 e. The van der Waals surface area contributed by atoms with Gasteiger partial charge in [-0.05, 0) is 105 Å². The van der Waals surface area contributed by atoms with Crippen molar-refractivity contribution in [3.8, 4) is 0 Å². The third-order valence-corrected chi connectivity index (χ3v) is 11.1. The molecule has 0 spiro atoms. The Bertz CT molecular complexity index is 624. The number of aliphatic hydroxyl groups is 1. The SMILES string of the molecule is C[C@H](CCCC(C)(Br)CO)[C@H]1CC[C@H]2[C@@H]3CC=C4CCCC[C@]4(C)[C@H]3CC[C@]12C. The van der Waals surface area contributed by atoms with Crippen LogP contribution in [0.5, 0.6) is 0 Å². The molecule has 0 aromatic heterocycles. The van der Waals surface area contributed by atoms with Crippen LogP contribution in [0.2, 0.25) is 0 Å². The highest BCUT2D eigenvalue weighted by molar-refractivity contribution is 9.10. The number of aliphatic hydroxyl groups excluding tert-OH is 1. The van der Waals surface area contributed by atoms with Crippen molar-refractivity contribution in [3.63, 3.8) is 0 Å². The van der Waals surface area contributed by atoms with E-state index in [0.29, 0.717) is 10.8 Å². The zero-order valence-electron chi connectivity index (χ0n) is 19.5. The molecule has 1 unspecified atom stereocenters. The third-order valence-electron chi connectivity index (χ3n) is 10.5. The molecule has 29 heavy (non-hydrogen) atoms. The molecule has 166 valence electrons. The molecule has 4 rings (SSSR count). The van der Waals surface area contributed by atoms with Gasteiger partial charge < -0.3 is 5.11 Å². The van der Waals surface area contributed by atoms with Crippen molar-refractivity contribution in [2.75, 3.05) is 6.61 Å². The molecule has 0 aromatic rings. The molecule has 3 saturated carbocycles. The van der Waals surface area contributed by atoms with Crippen LogP contribution >= 0.6 is 15.9 Å². The molecule has 2 heteroatoms. The lowest BCUT2D eigenvalue weighted by Gasteiger charge is -2.58. The average molecular weight is 466 g/mol. The first kappa shape index (κ1) is 22.4.